The Morgan fingerprint density at radius 2 is 0.545 bits per heavy atom. The lowest BCUT2D eigenvalue weighted by atomic mass is 9.98. The summed E-state index contributed by atoms with van der Waals surface area (Å²) in [5, 5.41) is 2.09. The number of anilines is 12. The van der Waals surface area contributed by atoms with Gasteiger partial charge in [-0.1, -0.05) is 206 Å². The van der Waals surface area contributed by atoms with E-state index >= 15 is 0 Å². The number of fused-ring (bicyclic) bond motifs is 8. The molecule has 0 amide bonds. The van der Waals surface area contributed by atoms with E-state index in [1.54, 1.807) is 24.3 Å². The highest BCUT2D eigenvalue weighted by molar-refractivity contribution is 8.00. The molecule has 11 nitrogen and oxygen atoms in total. The van der Waals surface area contributed by atoms with Crippen molar-refractivity contribution in [3.05, 3.63) is 409 Å². The van der Waals surface area contributed by atoms with E-state index in [4.69, 9.17) is 8.83 Å². The van der Waals surface area contributed by atoms with Crippen LogP contribution in [0.1, 0.15) is 0 Å². The summed E-state index contributed by atoms with van der Waals surface area (Å²) in [5.74, 6) is 4.15. The Hall–Kier alpha value is -14.4. The van der Waals surface area contributed by atoms with Crippen LogP contribution in [0.5, 0.6) is 0 Å². The van der Waals surface area contributed by atoms with Crippen molar-refractivity contribution in [3.8, 4) is 44.5 Å². The summed E-state index contributed by atoms with van der Waals surface area (Å²) in [5.41, 5.74) is 20.1. The standard InChI is InChI=1S/C50H32N2O5S2.C49H34N2O2/c1-58(54)45-17-6-2-12-39(45)51(40-13-3-7-18-46(40)58)35-26-21-32(22-27-35)34-25-30-38-44(31-34)57-43-16-10-11-37(49(43)50(38)53)33-23-28-36(29-24-33)52-41-14-4-8-19-47(41)59(55,56)48-20-9-5-15-42(48)52;52-49-45-33-28-37(35-24-29-42(30-25-35)50(38-14-5-1-6-15-38)39-16-7-2-8-17-39)34-47(45)53-46-23-13-22-44(48(46)49)36-26-31-43(32-27-36)51(40-18-9-3-10-19-40)41-20-11-4-12-21-41/h2-31H,1H2;1-34H. The van der Waals surface area contributed by atoms with E-state index in [9.17, 15) is 22.2 Å². The first-order chi connectivity index (χ1) is 54.9. The van der Waals surface area contributed by atoms with Crippen LogP contribution in [0, 0.1) is 0 Å². The molecule has 13 heteroatoms. The second-order valence-electron chi connectivity index (χ2n) is 27.6. The van der Waals surface area contributed by atoms with Crippen molar-refractivity contribution in [2.24, 2.45) is 0 Å². The fraction of sp³-hybridized carbons (Fsp3) is 0. The van der Waals surface area contributed by atoms with Crippen LogP contribution in [-0.4, -0.2) is 18.5 Å². The molecule has 0 aliphatic carbocycles. The van der Waals surface area contributed by atoms with E-state index in [-0.39, 0.29) is 20.6 Å². The van der Waals surface area contributed by atoms with Gasteiger partial charge in [0.2, 0.25) is 20.7 Å². The molecule has 0 atom stereocenters. The number of benzene rings is 16. The summed E-state index contributed by atoms with van der Waals surface area (Å²) in [6, 6.07) is 127. The molecule has 2 aliphatic heterocycles. The SMILES string of the molecule is C=S1(=O)c2ccccc2N(c2ccc(-c3ccc4c(=O)c5c(-c6ccc(N7c8ccccc8S(=O)(=O)c8ccccc87)cc6)cccc5oc4c3)cc2)c2ccccc21.O=c1c2ccc(-c3ccc(N(c4ccccc4)c4ccccc4)cc3)cc2oc2cccc(-c3ccc(N(c4ccccc4)c4ccccc4)cc3)c12. The highest BCUT2D eigenvalue weighted by atomic mass is 32.2. The number of hydrogen-bond acceptors (Lipinski definition) is 11. The van der Waals surface area contributed by atoms with Crippen molar-refractivity contribution >= 4 is 137 Å². The highest BCUT2D eigenvalue weighted by Crippen LogP contribution is 2.51. The molecular formula is C99H66N4O7S2. The third kappa shape index (κ3) is 12.0. The van der Waals surface area contributed by atoms with Crippen molar-refractivity contribution in [2.75, 3.05) is 19.6 Å². The maximum Gasteiger partial charge on any atom is 0.210 e. The van der Waals surface area contributed by atoms with Gasteiger partial charge >= 0.3 is 0 Å². The Bertz CT molecular complexity index is 6880. The molecule has 0 spiro atoms. The van der Waals surface area contributed by atoms with Crippen LogP contribution in [0.3, 0.4) is 0 Å². The molecule has 18 aromatic rings. The van der Waals surface area contributed by atoms with Gasteiger partial charge in [0.05, 0.1) is 63.9 Å². The van der Waals surface area contributed by atoms with Crippen LogP contribution in [0.15, 0.2) is 426 Å². The summed E-state index contributed by atoms with van der Waals surface area (Å²) in [6.07, 6.45) is 0. The van der Waals surface area contributed by atoms with Gasteiger partial charge in [0.1, 0.15) is 22.3 Å². The van der Waals surface area contributed by atoms with E-state index in [2.05, 4.69) is 142 Å². The third-order valence-corrected chi connectivity index (χ3v) is 24.9. The first-order valence-corrected chi connectivity index (χ1v) is 39.9. The summed E-state index contributed by atoms with van der Waals surface area (Å²) >= 11 is 0. The molecule has 2 aliphatic rings. The molecule has 112 heavy (non-hydrogen) atoms. The molecule has 0 fully saturated rings. The molecule has 536 valence electrons. The third-order valence-electron chi connectivity index (χ3n) is 21.0. The van der Waals surface area contributed by atoms with Gasteiger partial charge in [-0.25, -0.2) is 8.42 Å². The Kier molecular flexibility index (Phi) is 17.0. The summed E-state index contributed by atoms with van der Waals surface area (Å²) in [4.78, 5) is 38.9. The molecule has 16 aromatic carbocycles. The van der Waals surface area contributed by atoms with Gasteiger partial charge in [-0.3, -0.25) is 13.8 Å². The van der Waals surface area contributed by atoms with Gasteiger partial charge in [-0.15, -0.1) is 0 Å². The second-order valence-corrected chi connectivity index (χ2v) is 31.7. The summed E-state index contributed by atoms with van der Waals surface area (Å²) in [7, 11) is -6.36. The number of sulfone groups is 1. The van der Waals surface area contributed by atoms with Crippen LogP contribution in [0.25, 0.3) is 88.4 Å². The van der Waals surface area contributed by atoms with E-state index in [1.807, 2.05) is 248 Å². The van der Waals surface area contributed by atoms with Gasteiger partial charge in [0, 0.05) is 55.0 Å². The number of rotatable bonds is 12. The van der Waals surface area contributed by atoms with Gasteiger partial charge in [0.15, 0.2) is 0 Å². The van der Waals surface area contributed by atoms with Crippen LogP contribution in [0.4, 0.5) is 68.2 Å². The molecule has 0 radical (unpaired) electrons. The van der Waals surface area contributed by atoms with Crippen molar-refractivity contribution in [3.63, 3.8) is 0 Å². The van der Waals surface area contributed by atoms with Gasteiger partial charge < -0.3 is 28.4 Å². The Morgan fingerprint density at radius 1 is 0.259 bits per heavy atom. The molecule has 0 saturated carbocycles. The summed E-state index contributed by atoms with van der Waals surface area (Å²) in [6.45, 7) is 0. The van der Waals surface area contributed by atoms with E-state index < -0.39 is 19.4 Å². The molecule has 2 aromatic heterocycles. The topological polar surface area (TPSA) is 125 Å². The molecule has 4 heterocycles. The molecule has 0 N–H and O–H groups in total. The normalized spacial score (nSPS) is 13.0. The fourth-order valence-corrected chi connectivity index (χ4v) is 19.1. The largest absolute Gasteiger partial charge is 0.456 e. The van der Waals surface area contributed by atoms with Gasteiger partial charge in [-0.2, -0.15) is 0 Å². The lowest BCUT2D eigenvalue weighted by Crippen LogP contribution is -2.21. The minimum absolute atomic E-state index is 0.0422. The highest BCUT2D eigenvalue weighted by Gasteiger charge is 2.35. The second kappa shape index (κ2) is 28.0. The van der Waals surface area contributed by atoms with Crippen molar-refractivity contribution in [1.29, 1.82) is 0 Å². The smallest absolute Gasteiger partial charge is 0.210 e. The molecule has 0 bridgehead atoms. The van der Waals surface area contributed by atoms with Crippen LogP contribution in [-0.2, 0) is 19.4 Å². The number of hydrogen-bond donors (Lipinski definition) is 0. The van der Waals surface area contributed by atoms with Gasteiger partial charge in [-0.05, 0) is 232 Å². The molecule has 20 rings (SSSR count). The first kappa shape index (κ1) is 68.2. The zero-order chi connectivity index (χ0) is 75.6. The maximum absolute atomic E-state index is 14.3. The summed E-state index contributed by atoms with van der Waals surface area (Å²) < 4.78 is 54.0. The lowest BCUT2D eigenvalue weighted by Gasteiger charge is -2.35. The van der Waals surface area contributed by atoms with Crippen LogP contribution < -0.4 is 30.5 Å². The predicted octanol–water partition coefficient (Wildman–Crippen LogP) is 25.0. The number of para-hydroxylation sites is 8. The monoisotopic (exact) mass is 1490 g/mol. The maximum atomic E-state index is 14.3. The number of nitrogens with zero attached hydrogens (tertiary/aromatic N) is 4. The average Bonchev–Trinajstić information content (AvgIpc) is 0.735. The predicted molar refractivity (Wildman–Crippen MR) is 458 cm³/mol. The van der Waals surface area contributed by atoms with Gasteiger partial charge in [0.25, 0.3) is 0 Å². The Morgan fingerprint density at radius 3 is 0.911 bits per heavy atom. The first-order valence-electron chi connectivity index (χ1n) is 36.7. The molecule has 0 unspecified atom stereocenters. The van der Waals surface area contributed by atoms with E-state index in [1.165, 1.54) is 0 Å². The van der Waals surface area contributed by atoms with E-state index in [0.717, 1.165) is 101 Å². The van der Waals surface area contributed by atoms with E-state index in [0.29, 0.717) is 65.0 Å². The van der Waals surface area contributed by atoms with Crippen molar-refractivity contribution < 1.29 is 21.5 Å². The lowest BCUT2D eigenvalue weighted by molar-refractivity contribution is 0.595. The van der Waals surface area contributed by atoms with Crippen LogP contribution >= 0.6 is 0 Å². The fourth-order valence-electron chi connectivity index (χ4n) is 15.7. The Labute approximate surface area is 646 Å². The zero-order valence-corrected chi connectivity index (χ0v) is 61.8. The zero-order valence-electron chi connectivity index (χ0n) is 60.1. The van der Waals surface area contributed by atoms with Crippen molar-refractivity contribution in [1.82, 2.24) is 0 Å². The molecular weight excluding hydrogens is 1420 g/mol. The minimum Gasteiger partial charge on any atom is -0.456 e. The quantitative estimate of drug-likeness (QED) is 0.0857. The van der Waals surface area contributed by atoms with Crippen molar-refractivity contribution in [2.45, 2.75) is 19.6 Å². The Balaban J connectivity index is 0.000000152. The average molecular weight is 1490 g/mol. The minimum atomic E-state index is -3.68. The van der Waals surface area contributed by atoms with Crippen LogP contribution in [0.2, 0.25) is 0 Å². The molecule has 0 saturated heterocycles.